The normalized spacial score (nSPS) is 12.9. The fourth-order valence-electron chi connectivity index (χ4n) is 1.48. The van der Waals surface area contributed by atoms with E-state index in [2.05, 4.69) is 88.5 Å². The maximum Gasteiger partial charge on any atom is 0.250 e. The van der Waals surface area contributed by atoms with Gasteiger partial charge in [0.05, 0.1) is 0 Å². The van der Waals surface area contributed by atoms with E-state index < -0.39 is 8.32 Å². The maximum atomic E-state index is 6.35. The Hall–Kier alpha value is -0.0331. The lowest BCUT2D eigenvalue weighted by molar-refractivity contribution is 0.491. The standard InChI is InChI=1S/C15H25IOSi/c1-11(2)13-10-12(8-9-14(13)16)17-18(6,7)15(3,4)5/h8-11H,1-7H3. The average Bonchev–Trinajstić information content (AvgIpc) is 2.18. The van der Waals surface area contributed by atoms with Gasteiger partial charge in [-0.05, 0) is 70.4 Å². The van der Waals surface area contributed by atoms with Gasteiger partial charge >= 0.3 is 0 Å². The minimum atomic E-state index is -1.72. The minimum absolute atomic E-state index is 0.244. The molecule has 102 valence electrons. The molecule has 0 amide bonds. The molecule has 0 saturated heterocycles. The topological polar surface area (TPSA) is 9.23 Å². The molecule has 0 aliphatic carbocycles. The summed E-state index contributed by atoms with van der Waals surface area (Å²) >= 11 is 2.40. The Balaban J connectivity index is 3.03. The van der Waals surface area contributed by atoms with Gasteiger partial charge in [-0.25, -0.2) is 0 Å². The maximum absolute atomic E-state index is 6.35. The highest BCUT2D eigenvalue weighted by Crippen LogP contribution is 2.38. The zero-order valence-corrected chi connectivity index (χ0v) is 15.8. The van der Waals surface area contributed by atoms with E-state index in [0.717, 1.165) is 5.75 Å². The highest BCUT2D eigenvalue weighted by molar-refractivity contribution is 14.1. The van der Waals surface area contributed by atoms with E-state index in [1.165, 1.54) is 9.13 Å². The van der Waals surface area contributed by atoms with Crippen LogP contribution in [0.5, 0.6) is 5.75 Å². The van der Waals surface area contributed by atoms with Gasteiger partial charge in [0.15, 0.2) is 0 Å². The Bertz CT molecular complexity index is 419. The Kier molecular flexibility index (Phi) is 4.92. The molecule has 3 heteroatoms. The van der Waals surface area contributed by atoms with Crippen molar-refractivity contribution in [1.82, 2.24) is 0 Å². The average molecular weight is 376 g/mol. The first kappa shape index (κ1) is 16.0. The monoisotopic (exact) mass is 376 g/mol. The fourth-order valence-corrected chi connectivity index (χ4v) is 3.46. The van der Waals surface area contributed by atoms with Gasteiger partial charge in [-0.15, -0.1) is 0 Å². The van der Waals surface area contributed by atoms with E-state index in [1.54, 1.807) is 0 Å². The van der Waals surface area contributed by atoms with Crippen molar-refractivity contribution in [3.05, 3.63) is 27.3 Å². The molecule has 1 nitrogen and oxygen atoms in total. The van der Waals surface area contributed by atoms with Crippen molar-refractivity contribution in [2.45, 2.75) is 58.7 Å². The summed E-state index contributed by atoms with van der Waals surface area (Å²) in [4.78, 5) is 0. The molecule has 1 rings (SSSR count). The van der Waals surface area contributed by atoms with E-state index >= 15 is 0 Å². The van der Waals surface area contributed by atoms with Crippen molar-refractivity contribution in [2.24, 2.45) is 0 Å². The van der Waals surface area contributed by atoms with E-state index in [0.29, 0.717) is 5.92 Å². The molecule has 0 aliphatic heterocycles. The lowest BCUT2D eigenvalue weighted by Gasteiger charge is -2.36. The van der Waals surface area contributed by atoms with Crippen LogP contribution in [0.2, 0.25) is 18.1 Å². The molecule has 1 aromatic carbocycles. The highest BCUT2D eigenvalue weighted by atomic mass is 127. The molecule has 0 saturated carbocycles. The van der Waals surface area contributed by atoms with Crippen LogP contribution in [-0.2, 0) is 0 Å². The van der Waals surface area contributed by atoms with Crippen LogP contribution in [0.3, 0.4) is 0 Å². The summed E-state index contributed by atoms with van der Waals surface area (Å²) in [6.07, 6.45) is 0. The van der Waals surface area contributed by atoms with Crippen LogP contribution >= 0.6 is 22.6 Å². The van der Waals surface area contributed by atoms with E-state index in [4.69, 9.17) is 4.43 Å². The number of hydrogen-bond donors (Lipinski definition) is 0. The minimum Gasteiger partial charge on any atom is -0.543 e. The Morgan fingerprint density at radius 2 is 1.72 bits per heavy atom. The number of halogens is 1. The lowest BCUT2D eigenvalue weighted by Crippen LogP contribution is -2.43. The molecule has 0 aliphatic rings. The van der Waals surface area contributed by atoms with Gasteiger partial charge in [-0.1, -0.05) is 34.6 Å². The smallest absolute Gasteiger partial charge is 0.250 e. The second-order valence-corrected chi connectivity index (χ2v) is 12.6. The van der Waals surface area contributed by atoms with Crippen LogP contribution in [-0.4, -0.2) is 8.32 Å². The zero-order chi connectivity index (χ0) is 14.1. The molecule has 1 aromatic rings. The third-order valence-electron chi connectivity index (χ3n) is 3.77. The van der Waals surface area contributed by atoms with E-state index in [-0.39, 0.29) is 5.04 Å². The second-order valence-electron chi connectivity index (χ2n) is 6.70. The van der Waals surface area contributed by atoms with Crippen molar-refractivity contribution in [3.63, 3.8) is 0 Å². The summed E-state index contributed by atoms with van der Waals surface area (Å²) in [6.45, 7) is 15.9. The second kappa shape index (κ2) is 5.53. The quantitative estimate of drug-likeness (QED) is 0.479. The summed E-state index contributed by atoms with van der Waals surface area (Å²) in [5.41, 5.74) is 1.38. The van der Waals surface area contributed by atoms with Crippen molar-refractivity contribution in [1.29, 1.82) is 0 Å². The summed E-state index contributed by atoms with van der Waals surface area (Å²) in [5, 5.41) is 0.244. The van der Waals surface area contributed by atoms with Crippen molar-refractivity contribution in [2.75, 3.05) is 0 Å². The lowest BCUT2D eigenvalue weighted by atomic mass is 10.0. The number of benzene rings is 1. The first-order valence-corrected chi connectivity index (χ1v) is 10.5. The molecular formula is C15H25IOSi. The van der Waals surface area contributed by atoms with Gasteiger partial charge in [-0.3, -0.25) is 0 Å². The van der Waals surface area contributed by atoms with Gasteiger partial charge in [0, 0.05) is 3.57 Å². The zero-order valence-electron chi connectivity index (χ0n) is 12.6. The molecule has 0 aromatic heterocycles. The third kappa shape index (κ3) is 3.73. The molecule has 0 radical (unpaired) electrons. The van der Waals surface area contributed by atoms with Crippen molar-refractivity contribution in [3.8, 4) is 5.75 Å². The predicted octanol–water partition coefficient (Wildman–Crippen LogP) is 5.80. The van der Waals surface area contributed by atoms with Gasteiger partial charge in [-0.2, -0.15) is 0 Å². The summed E-state index contributed by atoms with van der Waals surface area (Å²) < 4.78 is 7.67. The summed E-state index contributed by atoms with van der Waals surface area (Å²) in [6, 6.07) is 6.49. The van der Waals surface area contributed by atoms with Gasteiger partial charge in [0.2, 0.25) is 8.32 Å². The molecule has 0 unspecified atom stereocenters. The Morgan fingerprint density at radius 1 is 1.17 bits per heavy atom. The first-order chi connectivity index (χ1) is 8.04. The van der Waals surface area contributed by atoms with Crippen LogP contribution in [0.15, 0.2) is 18.2 Å². The van der Waals surface area contributed by atoms with Gasteiger partial charge < -0.3 is 4.43 Å². The van der Waals surface area contributed by atoms with Gasteiger partial charge in [0.25, 0.3) is 0 Å². The van der Waals surface area contributed by atoms with E-state index in [9.17, 15) is 0 Å². The van der Waals surface area contributed by atoms with Crippen LogP contribution in [0.1, 0.15) is 46.1 Å². The Morgan fingerprint density at radius 3 is 2.17 bits per heavy atom. The van der Waals surface area contributed by atoms with Crippen molar-refractivity contribution < 1.29 is 4.43 Å². The predicted molar refractivity (Wildman–Crippen MR) is 91.1 cm³/mol. The molecule has 0 fully saturated rings. The van der Waals surface area contributed by atoms with Crippen LogP contribution in [0.25, 0.3) is 0 Å². The van der Waals surface area contributed by atoms with Crippen LogP contribution in [0.4, 0.5) is 0 Å². The number of hydrogen-bond acceptors (Lipinski definition) is 1. The number of rotatable bonds is 3. The van der Waals surface area contributed by atoms with Crippen LogP contribution in [0, 0.1) is 3.57 Å². The van der Waals surface area contributed by atoms with E-state index in [1.807, 2.05) is 0 Å². The molecule has 0 bridgehead atoms. The largest absolute Gasteiger partial charge is 0.543 e. The fraction of sp³-hybridized carbons (Fsp3) is 0.600. The SMILES string of the molecule is CC(C)c1cc(O[Si](C)(C)C(C)(C)C)ccc1I. The molecule has 0 atom stereocenters. The Labute approximate surface area is 127 Å². The summed E-state index contributed by atoms with van der Waals surface area (Å²) in [5.74, 6) is 1.57. The van der Waals surface area contributed by atoms with Crippen LogP contribution < -0.4 is 4.43 Å². The molecule has 0 N–H and O–H groups in total. The molecule has 0 heterocycles. The summed E-state index contributed by atoms with van der Waals surface area (Å²) in [7, 11) is -1.72. The third-order valence-corrected chi connectivity index (χ3v) is 9.11. The first-order valence-electron chi connectivity index (χ1n) is 6.53. The van der Waals surface area contributed by atoms with Crippen molar-refractivity contribution >= 4 is 30.9 Å². The van der Waals surface area contributed by atoms with Gasteiger partial charge in [0.1, 0.15) is 5.75 Å². The molecule has 18 heavy (non-hydrogen) atoms. The highest BCUT2D eigenvalue weighted by Gasteiger charge is 2.39. The molecular weight excluding hydrogens is 351 g/mol. The molecule has 0 spiro atoms.